The highest BCUT2D eigenvalue weighted by Crippen LogP contribution is 2.26. The Balaban J connectivity index is 1.89. The van der Waals surface area contributed by atoms with Crippen LogP contribution in [0.15, 0.2) is 36.4 Å². The second kappa shape index (κ2) is 8.62. The number of anilines is 2. The molecule has 0 saturated carbocycles. The number of rotatable bonds is 7. The fourth-order valence-corrected chi connectivity index (χ4v) is 2.50. The van der Waals surface area contributed by atoms with Crippen LogP contribution in [0.2, 0.25) is 0 Å². The zero-order chi connectivity index (χ0) is 20.1. The smallest absolute Gasteiger partial charge is 0.245 e. The van der Waals surface area contributed by atoms with Gasteiger partial charge in [-0.1, -0.05) is 26.0 Å². The Labute approximate surface area is 163 Å². The maximum atomic E-state index is 11.8. The molecule has 28 heavy (non-hydrogen) atoms. The molecular formula is C20H23N5O3. The molecule has 0 radical (unpaired) electrons. The number of methoxy groups -OCH3 is 1. The third-order valence-electron chi connectivity index (χ3n) is 4.03. The third-order valence-corrected chi connectivity index (χ3v) is 4.03. The van der Waals surface area contributed by atoms with Gasteiger partial charge in [0.25, 0.3) is 0 Å². The van der Waals surface area contributed by atoms with Crippen LogP contribution in [-0.2, 0) is 9.53 Å². The van der Waals surface area contributed by atoms with Gasteiger partial charge in [-0.15, -0.1) is 0 Å². The molecule has 0 saturated heterocycles. The second-order valence-corrected chi connectivity index (χ2v) is 6.51. The molecule has 0 aliphatic carbocycles. The van der Waals surface area contributed by atoms with Crippen molar-refractivity contribution < 1.29 is 14.3 Å². The Kier molecular flexibility index (Phi) is 6.00. The number of hydrogen-bond acceptors (Lipinski definition) is 7. The molecule has 1 amide bonds. The lowest BCUT2D eigenvalue weighted by molar-refractivity contribution is -0.118. The Morgan fingerprint density at radius 2 is 1.82 bits per heavy atom. The van der Waals surface area contributed by atoms with Crippen molar-refractivity contribution in [2.45, 2.75) is 13.8 Å². The Hall–Kier alpha value is -3.26. The monoisotopic (exact) mass is 381 g/mol. The molecule has 0 atom stereocenters. The van der Waals surface area contributed by atoms with Crippen molar-refractivity contribution in [1.29, 1.82) is 0 Å². The summed E-state index contributed by atoms with van der Waals surface area (Å²) in [7, 11) is 1.60. The molecule has 0 unspecified atom stereocenters. The van der Waals surface area contributed by atoms with E-state index in [0.717, 1.165) is 16.9 Å². The molecule has 0 bridgehead atoms. The minimum atomic E-state index is -0.0780. The lowest BCUT2D eigenvalue weighted by Crippen LogP contribution is -2.17. The highest BCUT2D eigenvalue weighted by Gasteiger charge is 2.12. The molecule has 3 N–H and O–H groups in total. The first kappa shape index (κ1) is 19.5. The SMILES string of the molecule is COCCOc1nc(N)nc2ccc(-c3ccc(NC(=O)C(C)C)cc3)nc12. The first-order valence-corrected chi connectivity index (χ1v) is 8.95. The highest BCUT2D eigenvalue weighted by atomic mass is 16.5. The minimum Gasteiger partial charge on any atom is -0.474 e. The number of carbonyl (C=O) groups excluding carboxylic acids is 1. The van der Waals surface area contributed by atoms with E-state index in [0.29, 0.717) is 30.1 Å². The summed E-state index contributed by atoms with van der Waals surface area (Å²) in [5.41, 5.74) is 9.26. The van der Waals surface area contributed by atoms with Crippen LogP contribution in [0.1, 0.15) is 13.8 Å². The van der Waals surface area contributed by atoms with Gasteiger partial charge in [0.1, 0.15) is 6.61 Å². The Morgan fingerprint density at radius 1 is 1.07 bits per heavy atom. The number of nitrogen functional groups attached to an aromatic ring is 1. The number of hydrogen-bond donors (Lipinski definition) is 2. The van der Waals surface area contributed by atoms with Crippen molar-refractivity contribution >= 4 is 28.6 Å². The van der Waals surface area contributed by atoms with Crippen LogP contribution in [-0.4, -0.2) is 41.2 Å². The molecule has 2 heterocycles. The largest absolute Gasteiger partial charge is 0.474 e. The van der Waals surface area contributed by atoms with E-state index in [4.69, 9.17) is 15.2 Å². The van der Waals surface area contributed by atoms with Crippen LogP contribution in [0.4, 0.5) is 11.6 Å². The average molecular weight is 381 g/mol. The van der Waals surface area contributed by atoms with E-state index < -0.39 is 0 Å². The summed E-state index contributed by atoms with van der Waals surface area (Å²) in [6, 6.07) is 11.2. The molecule has 8 nitrogen and oxygen atoms in total. The predicted octanol–water partition coefficient (Wildman–Crippen LogP) is 2.89. The number of nitrogens with two attached hydrogens (primary N) is 1. The molecule has 146 valence electrons. The third kappa shape index (κ3) is 4.52. The number of nitrogens with zero attached hydrogens (tertiary/aromatic N) is 3. The molecule has 8 heteroatoms. The molecule has 0 spiro atoms. The molecule has 0 fully saturated rings. The quantitative estimate of drug-likeness (QED) is 0.605. The van der Waals surface area contributed by atoms with Crippen molar-refractivity contribution in [2.24, 2.45) is 5.92 Å². The lowest BCUT2D eigenvalue weighted by atomic mass is 10.1. The van der Waals surface area contributed by atoms with E-state index in [1.807, 2.05) is 50.2 Å². The van der Waals surface area contributed by atoms with Crippen LogP contribution in [0.3, 0.4) is 0 Å². The Bertz CT molecular complexity index is 973. The van der Waals surface area contributed by atoms with Gasteiger partial charge >= 0.3 is 0 Å². The average Bonchev–Trinajstić information content (AvgIpc) is 2.68. The first-order valence-electron chi connectivity index (χ1n) is 8.95. The molecule has 1 aromatic carbocycles. The number of fused-ring (bicyclic) bond motifs is 1. The summed E-state index contributed by atoms with van der Waals surface area (Å²) in [4.78, 5) is 24.8. The van der Waals surface area contributed by atoms with Crippen LogP contribution in [0, 0.1) is 5.92 Å². The number of amides is 1. The highest BCUT2D eigenvalue weighted by molar-refractivity contribution is 5.92. The van der Waals surface area contributed by atoms with Gasteiger partial charge in [-0.25, -0.2) is 9.97 Å². The van der Waals surface area contributed by atoms with Crippen molar-refractivity contribution in [1.82, 2.24) is 15.0 Å². The van der Waals surface area contributed by atoms with Crippen molar-refractivity contribution in [3.05, 3.63) is 36.4 Å². The second-order valence-electron chi connectivity index (χ2n) is 6.51. The summed E-state index contributed by atoms with van der Waals surface area (Å²) in [6.45, 7) is 4.46. The van der Waals surface area contributed by atoms with Crippen molar-refractivity contribution in [2.75, 3.05) is 31.4 Å². The molecule has 3 rings (SSSR count). The minimum absolute atomic E-state index is 0.0239. The summed E-state index contributed by atoms with van der Waals surface area (Å²) >= 11 is 0. The van der Waals surface area contributed by atoms with Crippen molar-refractivity contribution in [3.8, 4) is 17.1 Å². The zero-order valence-corrected chi connectivity index (χ0v) is 16.1. The van der Waals surface area contributed by atoms with Gasteiger partial charge in [-0.05, 0) is 24.3 Å². The number of pyridine rings is 1. The molecule has 0 aliphatic rings. The lowest BCUT2D eigenvalue weighted by Gasteiger charge is -2.10. The molecule has 2 aromatic heterocycles. The topological polar surface area (TPSA) is 112 Å². The fourth-order valence-electron chi connectivity index (χ4n) is 2.50. The summed E-state index contributed by atoms with van der Waals surface area (Å²) in [5.74, 6) is 0.344. The van der Waals surface area contributed by atoms with E-state index in [9.17, 15) is 4.79 Å². The summed E-state index contributed by atoms with van der Waals surface area (Å²) in [6.07, 6.45) is 0. The van der Waals surface area contributed by atoms with Gasteiger partial charge in [0.05, 0.1) is 17.8 Å². The van der Waals surface area contributed by atoms with E-state index in [2.05, 4.69) is 20.3 Å². The number of ether oxygens (including phenoxy) is 2. The van der Waals surface area contributed by atoms with Crippen LogP contribution >= 0.6 is 0 Å². The van der Waals surface area contributed by atoms with Crippen LogP contribution < -0.4 is 15.8 Å². The maximum Gasteiger partial charge on any atom is 0.245 e. The van der Waals surface area contributed by atoms with Crippen molar-refractivity contribution in [3.63, 3.8) is 0 Å². The van der Waals surface area contributed by atoms with Gasteiger partial charge in [0, 0.05) is 24.3 Å². The van der Waals surface area contributed by atoms with Crippen LogP contribution in [0.5, 0.6) is 5.88 Å². The number of carbonyl (C=O) groups is 1. The standard InChI is InChI=1S/C20H23N5O3/c1-12(2)18(26)22-14-6-4-13(5-7-14)15-8-9-16-17(23-15)19(25-20(21)24-16)28-11-10-27-3/h4-9,12H,10-11H2,1-3H3,(H,22,26)(H2,21,24,25). The number of benzene rings is 1. The van der Waals surface area contributed by atoms with E-state index in [1.54, 1.807) is 7.11 Å². The zero-order valence-electron chi connectivity index (χ0n) is 16.1. The maximum absolute atomic E-state index is 11.8. The first-order chi connectivity index (χ1) is 13.5. The Morgan fingerprint density at radius 3 is 2.50 bits per heavy atom. The van der Waals surface area contributed by atoms with Gasteiger partial charge in [-0.3, -0.25) is 4.79 Å². The fraction of sp³-hybridized carbons (Fsp3) is 0.300. The molecule has 3 aromatic rings. The van der Waals surface area contributed by atoms with Gasteiger partial charge in [0.15, 0.2) is 5.52 Å². The normalized spacial score (nSPS) is 11.0. The van der Waals surface area contributed by atoms with Crippen LogP contribution in [0.25, 0.3) is 22.3 Å². The molecule has 0 aliphatic heterocycles. The van der Waals surface area contributed by atoms with E-state index in [1.165, 1.54) is 0 Å². The summed E-state index contributed by atoms with van der Waals surface area (Å²) in [5, 5.41) is 2.87. The number of aromatic nitrogens is 3. The summed E-state index contributed by atoms with van der Waals surface area (Å²) < 4.78 is 10.7. The van der Waals surface area contributed by atoms with Gasteiger partial charge < -0.3 is 20.5 Å². The van der Waals surface area contributed by atoms with E-state index in [-0.39, 0.29) is 17.8 Å². The van der Waals surface area contributed by atoms with E-state index >= 15 is 0 Å². The predicted molar refractivity (Wildman–Crippen MR) is 108 cm³/mol. The molecular weight excluding hydrogens is 358 g/mol. The van der Waals surface area contributed by atoms with Gasteiger partial charge in [0.2, 0.25) is 17.7 Å². The van der Waals surface area contributed by atoms with Gasteiger partial charge in [-0.2, -0.15) is 4.98 Å². The number of nitrogens with one attached hydrogen (secondary N) is 1.